The summed E-state index contributed by atoms with van der Waals surface area (Å²) in [4.78, 5) is 11.7. The van der Waals surface area contributed by atoms with Crippen molar-refractivity contribution in [1.82, 2.24) is 4.72 Å². The molecule has 2 unspecified atom stereocenters. The Balaban J connectivity index is 4.44. The molecule has 0 aliphatic heterocycles. The lowest BCUT2D eigenvalue weighted by atomic mass is 10.1. The Labute approximate surface area is 112 Å². The number of halogens is 1. The highest BCUT2D eigenvalue weighted by atomic mass is 32.2. The molecule has 0 amide bonds. The number of Topliss-reactive ketones (excluding diaryl/α,β-unsaturated/α-hetero) is 1. The summed E-state index contributed by atoms with van der Waals surface area (Å²) < 4.78 is 38.1. The van der Waals surface area contributed by atoms with Crippen LogP contribution in [0.2, 0.25) is 0 Å². The quantitative estimate of drug-likeness (QED) is 0.649. The molecular weight excluding hydrogens is 279 g/mol. The zero-order chi connectivity index (χ0) is 14.6. The second kappa shape index (κ2) is 6.83. The minimum atomic E-state index is -4.15. The second-order valence-corrected chi connectivity index (χ2v) is 8.08. The van der Waals surface area contributed by atoms with E-state index in [1.807, 2.05) is 11.6 Å². The minimum absolute atomic E-state index is 0.351. The van der Waals surface area contributed by atoms with Gasteiger partial charge in [0.25, 0.3) is 0 Å². The molecule has 0 radical (unpaired) electrons. The lowest BCUT2D eigenvalue weighted by Gasteiger charge is -2.19. The Bertz CT molecular complexity index is 379. The van der Waals surface area contributed by atoms with Crippen molar-refractivity contribution < 1.29 is 17.6 Å². The summed E-state index contributed by atoms with van der Waals surface area (Å²) in [7, 11) is -4.15. The van der Waals surface area contributed by atoms with Crippen LogP contribution >= 0.6 is 11.8 Å². The van der Waals surface area contributed by atoms with Crippen LogP contribution in [0.1, 0.15) is 27.7 Å². The number of carbonyl (C=O) groups excluding carboxylic acids is 1. The first kappa shape index (κ1) is 17.8. The molecule has 8 heteroatoms. The van der Waals surface area contributed by atoms with Gasteiger partial charge in [-0.15, -0.1) is 11.8 Å². The summed E-state index contributed by atoms with van der Waals surface area (Å²) in [6.07, 6.45) is 0. The van der Waals surface area contributed by atoms with Crippen molar-refractivity contribution in [1.29, 1.82) is 0 Å². The Morgan fingerprint density at radius 3 is 2.39 bits per heavy atom. The van der Waals surface area contributed by atoms with Crippen LogP contribution in [0.5, 0.6) is 0 Å². The van der Waals surface area contributed by atoms with Gasteiger partial charge in [-0.05, 0) is 19.6 Å². The molecule has 0 fully saturated rings. The standard InChI is InChI=1S/C10H21FN2O3S2/c1-5-17-9(12)7(2)8(14)6-13-18(15,16)10(3,4)11/h7,9,13H,5-6,12H2,1-4H3. The number of rotatable bonds is 8. The van der Waals surface area contributed by atoms with E-state index in [0.717, 1.165) is 19.6 Å². The van der Waals surface area contributed by atoms with E-state index >= 15 is 0 Å². The maximum atomic E-state index is 13.3. The fourth-order valence-electron chi connectivity index (χ4n) is 1.02. The van der Waals surface area contributed by atoms with E-state index in [2.05, 4.69) is 0 Å². The molecule has 0 spiro atoms. The van der Waals surface area contributed by atoms with Gasteiger partial charge in [0, 0.05) is 5.92 Å². The predicted octanol–water partition coefficient (Wildman–Crippen LogP) is 0.854. The first-order chi connectivity index (χ1) is 8.03. The minimum Gasteiger partial charge on any atom is -0.319 e. The van der Waals surface area contributed by atoms with Gasteiger partial charge in [-0.1, -0.05) is 13.8 Å². The van der Waals surface area contributed by atoms with Crippen molar-refractivity contribution in [2.24, 2.45) is 11.7 Å². The average molecular weight is 300 g/mol. The van der Waals surface area contributed by atoms with Gasteiger partial charge in [-0.3, -0.25) is 4.79 Å². The van der Waals surface area contributed by atoms with Crippen molar-refractivity contribution >= 4 is 27.6 Å². The van der Waals surface area contributed by atoms with Gasteiger partial charge in [0.15, 0.2) is 5.78 Å². The molecule has 0 bridgehead atoms. The molecule has 18 heavy (non-hydrogen) atoms. The van der Waals surface area contributed by atoms with E-state index in [1.54, 1.807) is 6.92 Å². The van der Waals surface area contributed by atoms with Crippen LogP contribution in [-0.4, -0.2) is 36.9 Å². The number of sulfonamides is 1. The predicted molar refractivity (Wildman–Crippen MR) is 72.4 cm³/mol. The highest BCUT2D eigenvalue weighted by molar-refractivity contribution is 7.99. The van der Waals surface area contributed by atoms with Crippen LogP contribution in [0.15, 0.2) is 0 Å². The van der Waals surface area contributed by atoms with E-state index in [0.29, 0.717) is 0 Å². The summed E-state index contributed by atoms with van der Waals surface area (Å²) in [5.74, 6) is -0.0705. The fourth-order valence-corrected chi connectivity index (χ4v) is 2.52. The topological polar surface area (TPSA) is 89.3 Å². The number of carbonyl (C=O) groups is 1. The van der Waals surface area contributed by atoms with Crippen molar-refractivity contribution in [2.75, 3.05) is 12.3 Å². The number of thioether (sulfide) groups is 1. The first-order valence-electron chi connectivity index (χ1n) is 5.61. The lowest BCUT2D eigenvalue weighted by Crippen LogP contribution is -2.43. The number of ketones is 1. The molecule has 2 atom stereocenters. The number of nitrogens with one attached hydrogen (secondary N) is 1. The van der Waals surface area contributed by atoms with E-state index < -0.39 is 27.5 Å². The van der Waals surface area contributed by atoms with Crippen LogP contribution in [0, 0.1) is 5.92 Å². The highest BCUT2D eigenvalue weighted by Gasteiger charge is 2.34. The Hall–Kier alpha value is -0.180. The summed E-state index contributed by atoms with van der Waals surface area (Å²) in [5, 5.41) is -2.80. The van der Waals surface area contributed by atoms with Crippen molar-refractivity contribution in [3.63, 3.8) is 0 Å². The molecule has 3 N–H and O–H groups in total. The average Bonchev–Trinajstić information content (AvgIpc) is 2.23. The van der Waals surface area contributed by atoms with E-state index in [1.165, 1.54) is 11.8 Å². The maximum absolute atomic E-state index is 13.3. The smallest absolute Gasteiger partial charge is 0.246 e. The number of alkyl halides is 1. The van der Waals surface area contributed by atoms with Gasteiger partial charge in [0.1, 0.15) is 0 Å². The molecule has 0 saturated carbocycles. The highest BCUT2D eigenvalue weighted by Crippen LogP contribution is 2.17. The molecule has 0 aromatic heterocycles. The van der Waals surface area contributed by atoms with Crippen LogP contribution in [0.3, 0.4) is 0 Å². The van der Waals surface area contributed by atoms with Crippen molar-refractivity contribution in [2.45, 2.75) is 38.1 Å². The molecule has 108 valence electrons. The van der Waals surface area contributed by atoms with Crippen LogP contribution in [0.25, 0.3) is 0 Å². The van der Waals surface area contributed by atoms with Gasteiger partial charge in [0.05, 0.1) is 11.9 Å². The van der Waals surface area contributed by atoms with Gasteiger partial charge in [-0.25, -0.2) is 17.5 Å². The number of nitrogens with two attached hydrogens (primary N) is 1. The summed E-state index contributed by atoms with van der Waals surface area (Å²) >= 11 is 1.41. The third-order valence-electron chi connectivity index (χ3n) is 2.44. The third-order valence-corrected chi connectivity index (χ3v) is 5.36. The first-order valence-corrected chi connectivity index (χ1v) is 8.14. The molecule has 0 saturated heterocycles. The van der Waals surface area contributed by atoms with Gasteiger partial charge in [-0.2, -0.15) is 0 Å². The monoisotopic (exact) mass is 300 g/mol. The third kappa shape index (κ3) is 5.21. The Morgan fingerprint density at radius 2 is 2.00 bits per heavy atom. The molecule has 0 aromatic carbocycles. The van der Waals surface area contributed by atoms with Crippen LogP contribution in [-0.2, 0) is 14.8 Å². The fraction of sp³-hybridized carbons (Fsp3) is 0.900. The van der Waals surface area contributed by atoms with Gasteiger partial charge < -0.3 is 5.73 Å². The van der Waals surface area contributed by atoms with E-state index in [-0.39, 0.29) is 11.2 Å². The second-order valence-electron chi connectivity index (χ2n) is 4.36. The zero-order valence-corrected chi connectivity index (χ0v) is 12.7. The van der Waals surface area contributed by atoms with Crippen LogP contribution < -0.4 is 10.5 Å². The van der Waals surface area contributed by atoms with Gasteiger partial charge >= 0.3 is 0 Å². The van der Waals surface area contributed by atoms with Crippen molar-refractivity contribution in [3.05, 3.63) is 0 Å². The van der Waals surface area contributed by atoms with E-state index in [4.69, 9.17) is 5.73 Å². The molecule has 5 nitrogen and oxygen atoms in total. The molecule has 0 aliphatic rings. The SMILES string of the molecule is CCSC(N)C(C)C(=O)CNS(=O)(=O)C(C)(C)F. The Kier molecular flexibility index (Phi) is 6.77. The molecular formula is C10H21FN2O3S2. The van der Waals surface area contributed by atoms with Gasteiger partial charge in [0.2, 0.25) is 15.0 Å². The molecule has 0 heterocycles. The normalized spacial score (nSPS) is 16.3. The van der Waals surface area contributed by atoms with Crippen molar-refractivity contribution in [3.8, 4) is 0 Å². The van der Waals surface area contributed by atoms with E-state index in [9.17, 15) is 17.6 Å². The number of hydrogen-bond donors (Lipinski definition) is 2. The zero-order valence-electron chi connectivity index (χ0n) is 11.1. The summed E-state index contributed by atoms with van der Waals surface area (Å²) in [5.41, 5.74) is 5.74. The Morgan fingerprint density at radius 1 is 1.50 bits per heavy atom. The summed E-state index contributed by atoms with van der Waals surface area (Å²) in [6, 6.07) is 0. The lowest BCUT2D eigenvalue weighted by molar-refractivity contribution is -0.121. The largest absolute Gasteiger partial charge is 0.319 e. The molecule has 0 aromatic rings. The summed E-state index contributed by atoms with van der Waals surface area (Å²) in [6.45, 7) is 4.94. The molecule has 0 aliphatic carbocycles. The molecule has 0 rings (SSSR count). The van der Waals surface area contributed by atoms with Crippen LogP contribution in [0.4, 0.5) is 4.39 Å². The number of hydrogen-bond acceptors (Lipinski definition) is 5. The maximum Gasteiger partial charge on any atom is 0.246 e.